The Morgan fingerprint density at radius 2 is 1.83 bits per heavy atom. The maximum atomic E-state index is 11.9. The molecule has 1 heterocycles. The highest BCUT2D eigenvalue weighted by Gasteiger charge is 2.18. The van der Waals surface area contributed by atoms with Gasteiger partial charge in [0, 0.05) is 6.04 Å². The number of rotatable bonds is 4. The summed E-state index contributed by atoms with van der Waals surface area (Å²) >= 11 is 1.29. The van der Waals surface area contributed by atoms with Gasteiger partial charge in [-0.15, -0.1) is 0 Å². The number of nitrogens with zero attached hydrogens (tertiary/aromatic N) is 2. The van der Waals surface area contributed by atoms with E-state index in [4.69, 9.17) is 0 Å². The predicted octanol–water partition coefficient (Wildman–Crippen LogP) is 2.80. The number of nitrogens with one attached hydrogen (secondary N) is 2. The molecule has 1 aliphatic carbocycles. The van der Waals surface area contributed by atoms with Gasteiger partial charge in [0.2, 0.25) is 5.91 Å². The Morgan fingerprint density at radius 1 is 1.17 bits per heavy atom. The van der Waals surface area contributed by atoms with Gasteiger partial charge >= 0.3 is 6.03 Å². The molecule has 3 rings (SSSR count). The van der Waals surface area contributed by atoms with Gasteiger partial charge in [-0.25, -0.2) is 14.8 Å². The average molecular weight is 344 g/mol. The Labute approximate surface area is 144 Å². The standard InChI is InChI=1S/C17H20N4O2S/c1-11-16(20-14-9-5-4-8-13(14)18-11)24-10-15(22)21-17(23)19-12-6-2-3-7-12/h4-5,8-9,12H,2-3,6-7,10H2,1H3,(H2,19,21,22,23). The largest absolute Gasteiger partial charge is 0.335 e. The molecule has 1 aromatic carbocycles. The average Bonchev–Trinajstić information content (AvgIpc) is 3.05. The first-order valence-corrected chi connectivity index (χ1v) is 9.07. The minimum Gasteiger partial charge on any atom is -0.335 e. The zero-order valence-electron chi connectivity index (χ0n) is 13.5. The van der Waals surface area contributed by atoms with Gasteiger partial charge < -0.3 is 5.32 Å². The number of aromatic nitrogens is 2. The second kappa shape index (κ2) is 7.61. The lowest BCUT2D eigenvalue weighted by Crippen LogP contribution is -2.44. The van der Waals surface area contributed by atoms with E-state index in [0.29, 0.717) is 5.03 Å². The molecule has 6 nitrogen and oxygen atoms in total. The van der Waals surface area contributed by atoms with Crippen LogP contribution in [0.1, 0.15) is 31.4 Å². The van der Waals surface area contributed by atoms with Gasteiger partial charge in [-0.05, 0) is 31.9 Å². The predicted molar refractivity (Wildman–Crippen MR) is 93.9 cm³/mol. The molecule has 0 saturated heterocycles. The molecule has 0 aliphatic heterocycles. The highest BCUT2D eigenvalue weighted by molar-refractivity contribution is 7.99. The molecular weight excluding hydrogens is 324 g/mol. The van der Waals surface area contributed by atoms with Crippen LogP contribution in [0.5, 0.6) is 0 Å². The van der Waals surface area contributed by atoms with Crippen molar-refractivity contribution in [2.24, 2.45) is 0 Å². The molecular formula is C17H20N4O2S. The second-order valence-corrected chi connectivity index (χ2v) is 6.86. The monoisotopic (exact) mass is 344 g/mol. The van der Waals surface area contributed by atoms with E-state index in [2.05, 4.69) is 20.6 Å². The van der Waals surface area contributed by atoms with Crippen LogP contribution in [0.15, 0.2) is 29.3 Å². The molecule has 24 heavy (non-hydrogen) atoms. The van der Waals surface area contributed by atoms with Gasteiger partial charge in [0.25, 0.3) is 0 Å². The number of hydrogen-bond donors (Lipinski definition) is 2. The van der Waals surface area contributed by atoms with Crippen LogP contribution in [-0.4, -0.2) is 33.7 Å². The molecule has 1 fully saturated rings. The number of thioether (sulfide) groups is 1. The Kier molecular flexibility index (Phi) is 5.30. The van der Waals surface area contributed by atoms with Gasteiger partial charge in [-0.2, -0.15) is 0 Å². The smallest absolute Gasteiger partial charge is 0.321 e. The number of carbonyl (C=O) groups excluding carboxylic acids is 2. The Balaban J connectivity index is 1.54. The molecule has 0 atom stereocenters. The number of hydrogen-bond acceptors (Lipinski definition) is 5. The summed E-state index contributed by atoms with van der Waals surface area (Å²) < 4.78 is 0. The third-order valence-corrected chi connectivity index (χ3v) is 5.05. The molecule has 126 valence electrons. The first-order chi connectivity index (χ1) is 11.6. The van der Waals surface area contributed by atoms with E-state index in [1.54, 1.807) is 0 Å². The molecule has 1 aliphatic rings. The van der Waals surface area contributed by atoms with Crippen molar-refractivity contribution in [3.63, 3.8) is 0 Å². The zero-order chi connectivity index (χ0) is 16.9. The van der Waals surface area contributed by atoms with E-state index >= 15 is 0 Å². The van der Waals surface area contributed by atoms with Crippen molar-refractivity contribution in [3.8, 4) is 0 Å². The van der Waals surface area contributed by atoms with Crippen molar-refractivity contribution >= 4 is 34.7 Å². The SMILES string of the molecule is Cc1nc2ccccc2nc1SCC(=O)NC(=O)NC1CCCC1. The van der Waals surface area contributed by atoms with Crippen LogP contribution in [0.3, 0.4) is 0 Å². The van der Waals surface area contributed by atoms with Gasteiger partial charge in [0.1, 0.15) is 5.03 Å². The maximum absolute atomic E-state index is 11.9. The summed E-state index contributed by atoms with van der Waals surface area (Å²) in [7, 11) is 0. The van der Waals surface area contributed by atoms with Crippen LogP contribution < -0.4 is 10.6 Å². The van der Waals surface area contributed by atoms with Crippen molar-refractivity contribution in [2.75, 3.05) is 5.75 Å². The number of benzene rings is 1. The van der Waals surface area contributed by atoms with Gasteiger partial charge in [-0.1, -0.05) is 36.7 Å². The summed E-state index contributed by atoms with van der Waals surface area (Å²) in [5, 5.41) is 5.92. The Bertz CT molecular complexity index is 759. The van der Waals surface area contributed by atoms with Crippen molar-refractivity contribution < 1.29 is 9.59 Å². The third kappa shape index (κ3) is 4.23. The normalized spacial score (nSPS) is 14.7. The fourth-order valence-corrected chi connectivity index (χ4v) is 3.55. The molecule has 0 unspecified atom stereocenters. The molecule has 0 radical (unpaired) electrons. The fraction of sp³-hybridized carbons (Fsp3) is 0.412. The molecule has 2 N–H and O–H groups in total. The van der Waals surface area contributed by atoms with Crippen LogP contribution in [0, 0.1) is 6.92 Å². The van der Waals surface area contributed by atoms with Crippen LogP contribution in [0.4, 0.5) is 4.79 Å². The number of aryl methyl sites for hydroxylation is 1. The quantitative estimate of drug-likeness (QED) is 0.833. The summed E-state index contributed by atoms with van der Waals surface area (Å²) in [6.07, 6.45) is 4.24. The number of urea groups is 1. The van der Waals surface area contributed by atoms with Crippen molar-refractivity contribution in [1.29, 1.82) is 0 Å². The van der Waals surface area contributed by atoms with Crippen LogP contribution >= 0.6 is 11.8 Å². The maximum Gasteiger partial charge on any atom is 0.321 e. The van der Waals surface area contributed by atoms with Crippen molar-refractivity contribution in [2.45, 2.75) is 43.7 Å². The van der Waals surface area contributed by atoms with Gasteiger partial charge in [0.05, 0.1) is 22.5 Å². The van der Waals surface area contributed by atoms with E-state index in [1.165, 1.54) is 11.8 Å². The lowest BCUT2D eigenvalue weighted by Gasteiger charge is -2.12. The number of carbonyl (C=O) groups is 2. The van der Waals surface area contributed by atoms with E-state index in [1.807, 2.05) is 31.2 Å². The van der Waals surface area contributed by atoms with E-state index in [-0.39, 0.29) is 17.7 Å². The minimum atomic E-state index is -0.409. The highest BCUT2D eigenvalue weighted by Crippen LogP contribution is 2.21. The summed E-state index contributed by atoms with van der Waals surface area (Å²) in [4.78, 5) is 32.7. The van der Waals surface area contributed by atoms with E-state index in [0.717, 1.165) is 42.4 Å². The van der Waals surface area contributed by atoms with Gasteiger partial charge in [-0.3, -0.25) is 10.1 Å². The molecule has 1 aromatic heterocycles. The van der Waals surface area contributed by atoms with Crippen molar-refractivity contribution in [3.05, 3.63) is 30.0 Å². The number of fused-ring (bicyclic) bond motifs is 1. The zero-order valence-corrected chi connectivity index (χ0v) is 14.4. The lowest BCUT2D eigenvalue weighted by molar-refractivity contribution is -0.117. The fourth-order valence-electron chi connectivity index (χ4n) is 2.80. The van der Waals surface area contributed by atoms with E-state index in [9.17, 15) is 9.59 Å². The van der Waals surface area contributed by atoms with Crippen LogP contribution in [0.2, 0.25) is 0 Å². The highest BCUT2D eigenvalue weighted by atomic mass is 32.2. The summed E-state index contributed by atoms with van der Waals surface area (Å²) in [5.74, 6) is -0.198. The second-order valence-electron chi connectivity index (χ2n) is 5.89. The van der Waals surface area contributed by atoms with Crippen LogP contribution in [-0.2, 0) is 4.79 Å². The summed E-state index contributed by atoms with van der Waals surface area (Å²) in [6.45, 7) is 1.87. The molecule has 0 bridgehead atoms. The molecule has 0 spiro atoms. The lowest BCUT2D eigenvalue weighted by atomic mass is 10.2. The van der Waals surface area contributed by atoms with Crippen molar-refractivity contribution in [1.82, 2.24) is 20.6 Å². The minimum absolute atomic E-state index is 0.131. The van der Waals surface area contributed by atoms with Gasteiger partial charge in [0.15, 0.2) is 0 Å². The third-order valence-electron chi connectivity index (χ3n) is 3.98. The number of imide groups is 1. The summed E-state index contributed by atoms with van der Waals surface area (Å²) in [6, 6.07) is 7.40. The van der Waals surface area contributed by atoms with Crippen LogP contribution in [0.25, 0.3) is 11.0 Å². The molecule has 3 amide bonds. The first kappa shape index (κ1) is 16.7. The molecule has 1 saturated carbocycles. The molecule has 7 heteroatoms. The summed E-state index contributed by atoms with van der Waals surface area (Å²) in [5.41, 5.74) is 2.41. The van der Waals surface area contributed by atoms with E-state index < -0.39 is 6.03 Å². The first-order valence-electron chi connectivity index (χ1n) is 8.08. The Hall–Kier alpha value is -2.15. The molecule has 2 aromatic rings. The number of amides is 3. The Morgan fingerprint density at radius 3 is 2.54 bits per heavy atom. The number of para-hydroxylation sites is 2. The topological polar surface area (TPSA) is 84.0 Å².